The molecule has 0 fully saturated rings. The first-order chi connectivity index (χ1) is 9.13. The molecule has 1 aromatic heterocycles. The molecule has 0 amide bonds. The van der Waals surface area contributed by atoms with Crippen molar-refractivity contribution in [3.8, 4) is 5.75 Å². The van der Waals surface area contributed by atoms with Crippen LogP contribution in [0.4, 0.5) is 0 Å². The summed E-state index contributed by atoms with van der Waals surface area (Å²) in [6.45, 7) is 2.56. The van der Waals surface area contributed by atoms with Crippen LogP contribution in [-0.2, 0) is 17.6 Å². The lowest BCUT2D eigenvalue weighted by Crippen LogP contribution is -2.03. The standard InChI is InChI=1S/C14H15NO3S/c1-10-3-2-4-12(7-10)18-6-5-13-15-11(9-19-13)8-14(16)17/h2-4,7,9H,5-6,8H2,1H3,(H,16,17). The summed E-state index contributed by atoms with van der Waals surface area (Å²) in [6.07, 6.45) is 0.674. The molecule has 0 aliphatic carbocycles. The number of ether oxygens (including phenoxy) is 1. The fourth-order valence-electron chi connectivity index (χ4n) is 1.66. The third-order valence-corrected chi connectivity index (χ3v) is 3.46. The van der Waals surface area contributed by atoms with Gasteiger partial charge in [0.1, 0.15) is 5.75 Å². The van der Waals surface area contributed by atoms with Crippen LogP contribution in [0.15, 0.2) is 29.6 Å². The average molecular weight is 277 g/mol. The van der Waals surface area contributed by atoms with Gasteiger partial charge in [-0.2, -0.15) is 0 Å². The Bertz CT molecular complexity index is 565. The van der Waals surface area contributed by atoms with E-state index in [0.29, 0.717) is 18.7 Å². The van der Waals surface area contributed by atoms with Crippen molar-refractivity contribution >= 4 is 17.3 Å². The number of carboxylic acid groups (broad SMARTS) is 1. The normalized spacial score (nSPS) is 10.4. The van der Waals surface area contributed by atoms with Gasteiger partial charge in [0.05, 0.1) is 23.7 Å². The largest absolute Gasteiger partial charge is 0.493 e. The smallest absolute Gasteiger partial charge is 0.309 e. The molecule has 0 aliphatic heterocycles. The number of carbonyl (C=O) groups is 1. The Morgan fingerprint density at radius 1 is 1.47 bits per heavy atom. The van der Waals surface area contributed by atoms with Crippen molar-refractivity contribution < 1.29 is 14.6 Å². The van der Waals surface area contributed by atoms with Gasteiger partial charge in [-0.3, -0.25) is 4.79 Å². The lowest BCUT2D eigenvalue weighted by atomic mass is 10.2. The number of hydrogen-bond acceptors (Lipinski definition) is 4. The maximum Gasteiger partial charge on any atom is 0.309 e. The van der Waals surface area contributed by atoms with E-state index in [2.05, 4.69) is 4.98 Å². The predicted octanol–water partition coefficient (Wildman–Crippen LogP) is 2.70. The molecule has 0 atom stereocenters. The topological polar surface area (TPSA) is 59.4 Å². The molecular weight excluding hydrogens is 262 g/mol. The lowest BCUT2D eigenvalue weighted by molar-refractivity contribution is -0.136. The zero-order valence-electron chi connectivity index (χ0n) is 10.6. The molecule has 2 rings (SSSR count). The summed E-state index contributed by atoms with van der Waals surface area (Å²) in [5.74, 6) is -0.00447. The van der Waals surface area contributed by atoms with Gasteiger partial charge >= 0.3 is 5.97 Å². The Kier molecular flexibility index (Phi) is 4.52. The van der Waals surface area contributed by atoms with Gasteiger partial charge in [-0.25, -0.2) is 4.98 Å². The number of aryl methyl sites for hydroxylation is 1. The summed E-state index contributed by atoms with van der Waals surface area (Å²) in [5, 5.41) is 11.4. The number of aromatic nitrogens is 1. The molecule has 0 radical (unpaired) electrons. The lowest BCUT2D eigenvalue weighted by Gasteiger charge is -2.05. The third kappa shape index (κ3) is 4.37. The first-order valence-electron chi connectivity index (χ1n) is 5.98. The molecular formula is C14H15NO3S. The van der Waals surface area contributed by atoms with E-state index in [9.17, 15) is 4.79 Å². The maximum atomic E-state index is 10.5. The van der Waals surface area contributed by atoms with Crippen LogP contribution in [0.5, 0.6) is 5.75 Å². The monoisotopic (exact) mass is 277 g/mol. The molecule has 1 N–H and O–H groups in total. The number of thiazole rings is 1. The fraction of sp³-hybridized carbons (Fsp3) is 0.286. The molecule has 19 heavy (non-hydrogen) atoms. The zero-order valence-corrected chi connectivity index (χ0v) is 11.4. The molecule has 1 aromatic carbocycles. The molecule has 5 heteroatoms. The van der Waals surface area contributed by atoms with Gasteiger partial charge in [-0.05, 0) is 24.6 Å². The van der Waals surface area contributed by atoms with Gasteiger partial charge in [-0.15, -0.1) is 11.3 Å². The summed E-state index contributed by atoms with van der Waals surface area (Å²) in [6, 6.07) is 7.88. The second kappa shape index (κ2) is 6.33. The predicted molar refractivity (Wildman–Crippen MR) is 73.8 cm³/mol. The van der Waals surface area contributed by atoms with Gasteiger partial charge in [0.15, 0.2) is 0 Å². The summed E-state index contributed by atoms with van der Waals surface area (Å²) in [5.41, 5.74) is 1.78. The zero-order chi connectivity index (χ0) is 13.7. The van der Waals surface area contributed by atoms with Crippen LogP contribution < -0.4 is 4.74 Å². The molecule has 1 heterocycles. The molecule has 2 aromatic rings. The molecule has 0 saturated heterocycles. The number of aliphatic carboxylic acids is 1. The number of carboxylic acids is 1. The Morgan fingerprint density at radius 2 is 2.32 bits per heavy atom. The number of rotatable bonds is 6. The van der Waals surface area contributed by atoms with Gasteiger partial charge in [0.25, 0.3) is 0 Å². The Balaban J connectivity index is 1.82. The fourth-order valence-corrected chi connectivity index (χ4v) is 2.44. The van der Waals surface area contributed by atoms with Crippen molar-refractivity contribution in [2.24, 2.45) is 0 Å². The first-order valence-corrected chi connectivity index (χ1v) is 6.86. The van der Waals surface area contributed by atoms with Crippen LogP contribution in [-0.4, -0.2) is 22.7 Å². The molecule has 0 saturated carbocycles. The van der Waals surface area contributed by atoms with Crippen LogP contribution >= 0.6 is 11.3 Å². The Morgan fingerprint density at radius 3 is 3.05 bits per heavy atom. The summed E-state index contributed by atoms with van der Waals surface area (Å²) >= 11 is 1.48. The van der Waals surface area contributed by atoms with Crippen LogP contribution in [0.25, 0.3) is 0 Å². The van der Waals surface area contributed by atoms with Gasteiger partial charge < -0.3 is 9.84 Å². The van der Waals surface area contributed by atoms with E-state index < -0.39 is 5.97 Å². The molecule has 4 nitrogen and oxygen atoms in total. The Hall–Kier alpha value is -1.88. The van der Waals surface area contributed by atoms with E-state index in [-0.39, 0.29) is 6.42 Å². The van der Waals surface area contributed by atoms with E-state index in [1.807, 2.05) is 31.2 Å². The van der Waals surface area contributed by atoms with Crippen molar-refractivity contribution in [1.29, 1.82) is 0 Å². The third-order valence-electron chi connectivity index (χ3n) is 2.51. The van der Waals surface area contributed by atoms with Crippen LogP contribution in [0, 0.1) is 6.92 Å². The maximum absolute atomic E-state index is 10.5. The van der Waals surface area contributed by atoms with Crippen molar-refractivity contribution in [3.63, 3.8) is 0 Å². The average Bonchev–Trinajstić information content (AvgIpc) is 2.76. The van der Waals surface area contributed by atoms with Crippen LogP contribution in [0.1, 0.15) is 16.3 Å². The van der Waals surface area contributed by atoms with Crippen LogP contribution in [0.3, 0.4) is 0 Å². The number of nitrogens with zero attached hydrogens (tertiary/aromatic N) is 1. The molecule has 0 spiro atoms. The van der Waals surface area contributed by atoms with E-state index in [1.165, 1.54) is 11.3 Å². The first kappa shape index (κ1) is 13.5. The van der Waals surface area contributed by atoms with Gasteiger partial charge in [0.2, 0.25) is 0 Å². The highest BCUT2D eigenvalue weighted by molar-refractivity contribution is 7.09. The molecule has 0 bridgehead atoms. The second-order valence-electron chi connectivity index (χ2n) is 4.22. The van der Waals surface area contributed by atoms with E-state index in [4.69, 9.17) is 9.84 Å². The second-order valence-corrected chi connectivity index (χ2v) is 5.16. The van der Waals surface area contributed by atoms with E-state index in [1.54, 1.807) is 5.38 Å². The van der Waals surface area contributed by atoms with Crippen molar-refractivity contribution in [1.82, 2.24) is 4.98 Å². The van der Waals surface area contributed by atoms with Crippen molar-refractivity contribution in [2.75, 3.05) is 6.61 Å². The van der Waals surface area contributed by atoms with Crippen LogP contribution in [0.2, 0.25) is 0 Å². The summed E-state index contributed by atoms with van der Waals surface area (Å²) < 4.78 is 5.63. The minimum absolute atomic E-state index is 0.0186. The number of benzene rings is 1. The number of hydrogen-bond donors (Lipinski definition) is 1. The highest BCUT2D eigenvalue weighted by Crippen LogP contribution is 2.14. The minimum atomic E-state index is -0.854. The van der Waals surface area contributed by atoms with Crippen molar-refractivity contribution in [2.45, 2.75) is 19.8 Å². The summed E-state index contributed by atoms with van der Waals surface area (Å²) in [4.78, 5) is 14.8. The molecule has 0 aliphatic rings. The highest BCUT2D eigenvalue weighted by atomic mass is 32.1. The Labute approximate surface area is 115 Å². The summed E-state index contributed by atoms with van der Waals surface area (Å²) in [7, 11) is 0. The van der Waals surface area contributed by atoms with Crippen molar-refractivity contribution in [3.05, 3.63) is 45.9 Å². The minimum Gasteiger partial charge on any atom is -0.493 e. The quantitative estimate of drug-likeness (QED) is 0.882. The van der Waals surface area contributed by atoms with E-state index in [0.717, 1.165) is 16.3 Å². The SMILES string of the molecule is Cc1cccc(OCCc2nc(CC(=O)O)cs2)c1. The molecule has 100 valence electrons. The van der Waals surface area contributed by atoms with Gasteiger partial charge in [-0.1, -0.05) is 12.1 Å². The van der Waals surface area contributed by atoms with E-state index >= 15 is 0 Å². The molecule has 0 unspecified atom stereocenters. The highest BCUT2D eigenvalue weighted by Gasteiger charge is 2.06. The van der Waals surface area contributed by atoms with Gasteiger partial charge in [0, 0.05) is 11.8 Å².